The Morgan fingerprint density at radius 1 is 0.938 bits per heavy atom. The Morgan fingerprint density at radius 2 is 1.66 bits per heavy atom. The normalized spacial score (nSPS) is 11.3. The van der Waals surface area contributed by atoms with Crippen LogP contribution in [0.5, 0.6) is 0 Å². The van der Waals surface area contributed by atoms with E-state index in [9.17, 15) is 18.0 Å². The van der Waals surface area contributed by atoms with Crippen LogP contribution in [0.15, 0.2) is 65.3 Å². The van der Waals surface area contributed by atoms with Gasteiger partial charge in [0, 0.05) is 25.2 Å². The van der Waals surface area contributed by atoms with E-state index >= 15 is 0 Å². The van der Waals surface area contributed by atoms with E-state index in [-0.39, 0.29) is 49.4 Å². The van der Waals surface area contributed by atoms with Gasteiger partial charge >= 0.3 is 0 Å². The topological polar surface area (TPSA) is 36.7 Å². The zero-order chi connectivity index (χ0) is 23.1. The molecule has 2 aromatic carbocycles. The third-order valence-corrected chi connectivity index (χ3v) is 4.95. The summed E-state index contributed by atoms with van der Waals surface area (Å²) in [6.45, 7) is 5.18. The molecule has 0 spiro atoms. The average molecular weight is 444 g/mol. The van der Waals surface area contributed by atoms with E-state index in [2.05, 4.69) is 0 Å². The zero-order valence-corrected chi connectivity index (χ0v) is 18.2. The fourth-order valence-electron chi connectivity index (χ4n) is 3.53. The van der Waals surface area contributed by atoms with Gasteiger partial charge in [-0.05, 0) is 53.9 Å². The van der Waals surface area contributed by atoms with Crippen molar-refractivity contribution < 1.29 is 22.4 Å². The van der Waals surface area contributed by atoms with E-state index < -0.39 is 11.6 Å². The van der Waals surface area contributed by atoms with Crippen LogP contribution in [0.1, 0.15) is 30.7 Å². The molecule has 170 valence electrons. The van der Waals surface area contributed by atoms with Gasteiger partial charge < -0.3 is 9.32 Å². The number of carbonyl (C=O) groups excluding carboxylic acids is 1. The average Bonchev–Trinajstić information content (AvgIpc) is 3.24. The lowest BCUT2D eigenvalue weighted by Gasteiger charge is -2.28. The predicted molar refractivity (Wildman–Crippen MR) is 116 cm³/mol. The number of rotatable bonds is 10. The molecule has 0 aliphatic heterocycles. The monoisotopic (exact) mass is 444 g/mol. The summed E-state index contributed by atoms with van der Waals surface area (Å²) in [5, 5.41) is 0. The van der Waals surface area contributed by atoms with Gasteiger partial charge in [0.15, 0.2) is 0 Å². The summed E-state index contributed by atoms with van der Waals surface area (Å²) >= 11 is 0. The Bertz CT molecular complexity index is 1000. The molecule has 0 N–H and O–H groups in total. The van der Waals surface area contributed by atoms with Gasteiger partial charge in [-0.1, -0.05) is 26.0 Å². The molecule has 0 radical (unpaired) electrons. The Morgan fingerprint density at radius 3 is 2.31 bits per heavy atom. The van der Waals surface area contributed by atoms with Crippen molar-refractivity contribution in [3.8, 4) is 0 Å². The smallest absolute Gasteiger partial charge is 0.237 e. The van der Waals surface area contributed by atoms with E-state index in [4.69, 9.17) is 4.42 Å². The van der Waals surface area contributed by atoms with Gasteiger partial charge in [0.25, 0.3) is 0 Å². The Balaban J connectivity index is 1.78. The SMILES string of the molecule is CC(C)CN(CC(=O)N(Cc1ccc(F)cc1)Cc1ccco1)Cc1cc(F)ccc1F. The molecule has 0 aliphatic carbocycles. The second kappa shape index (κ2) is 11.0. The fraction of sp³-hybridized carbons (Fsp3) is 0.320. The number of furan rings is 1. The number of hydrogen-bond acceptors (Lipinski definition) is 3. The lowest BCUT2D eigenvalue weighted by molar-refractivity contribution is -0.134. The molecular formula is C25H27F3N2O2. The first kappa shape index (κ1) is 23.6. The van der Waals surface area contributed by atoms with Gasteiger partial charge in [-0.2, -0.15) is 0 Å². The quantitative estimate of drug-likeness (QED) is 0.421. The Labute approximate surface area is 186 Å². The van der Waals surface area contributed by atoms with Crippen LogP contribution in [0.2, 0.25) is 0 Å². The molecule has 1 heterocycles. The molecular weight excluding hydrogens is 417 g/mol. The molecule has 0 unspecified atom stereocenters. The van der Waals surface area contributed by atoms with Crippen LogP contribution in [-0.4, -0.2) is 28.8 Å². The van der Waals surface area contributed by atoms with Gasteiger partial charge in [0.05, 0.1) is 19.4 Å². The molecule has 7 heteroatoms. The van der Waals surface area contributed by atoms with Gasteiger partial charge in [-0.3, -0.25) is 9.69 Å². The molecule has 0 saturated heterocycles. The Hall–Kier alpha value is -3.06. The van der Waals surface area contributed by atoms with Crippen LogP contribution in [-0.2, 0) is 24.4 Å². The van der Waals surface area contributed by atoms with Crippen molar-refractivity contribution in [2.24, 2.45) is 5.92 Å². The van der Waals surface area contributed by atoms with Crippen LogP contribution in [0.3, 0.4) is 0 Å². The molecule has 0 fully saturated rings. The van der Waals surface area contributed by atoms with E-state index in [1.54, 1.807) is 29.2 Å². The van der Waals surface area contributed by atoms with E-state index in [1.807, 2.05) is 18.7 Å². The standard InChI is InChI=1S/C25H27F3N2O2/c1-18(2)13-29(15-20-12-22(27)9-10-24(20)28)17-25(31)30(16-23-4-3-11-32-23)14-19-5-7-21(26)8-6-19/h3-12,18H,13-17H2,1-2H3. The molecule has 0 aliphatic rings. The van der Waals surface area contributed by atoms with Crippen LogP contribution >= 0.6 is 0 Å². The fourth-order valence-corrected chi connectivity index (χ4v) is 3.53. The second-order valence-electron chi connectivity index (χ2n) is 8.25. The maximum absolute atomic E-state index is 14.2. The molecule has 1 amide bonds. The summed E-state index contributed by atoms with van der Waals surface area (Å²) in [5.74, 6) is -0.734. The number of nitrogens with zero attached hydrogens (tertiary/aromatic N) is 2. The van der Waals surface area contributed by atoms with Crippen LogP contribution < -0.4 is 0 Å². The number of halogens is 3. The molecule has 4 nitrogen and oxygen atoms in total. The lowest BCUT2D eigenvalue weighted by Crippen LogP contribution is -2.41. The van der Waals surface area contributed by atoms with Gasteiger partial charge in [0.2, 0.25) is 5.91 Å². The predicted octanol–water partition coefficient (Wildman–Crippen LogP) is 5.38. The molecule has 0 bridgehead atoms. The third-order valence-electron chi connectivity index (χ3n) is 4.95. The Kier molecular flexibility index (Phi) is 8.11. The van der Waals surface area contributed by atoms with Crippen molar-refractivity contribution in [2.75, 3.05) is 13.1 Å². The summed E-state index contributed by atoms with van der Waals surface area (Å²) in [7, 11) is 0. The van der Waals surface area contributed by atoms with Crippen LogP contribution in [0.4, 0.5) is 13.2 Å². The summed E-state index contributed by atoms with van der Waals surface area (Å²) in [6.07, 6.45) is 1.54. The van der Waals surface area contributed by atoms with Crippen molar-refractivity contribution in [2.45, 2.75) is 33.5 Å². The minimum atomic E-state index is -0.520. The molecule has 1 aromatic heterocycles. The van der Waals surface area contributed by atoms with Gasteiger partial charge in [-0.25, -0.2) is 13.2 Å². The highest BCUT2D eigenvalue weighted by molar-refractivity contribution is 5.78. The minimum Gasteiger partial charge on any atom is -0.467 e. The first-order chi connectivity index (χ1) is 15.3. The summed E-state index contributed by atoms with van der Waals surface area (Å²) < 4.78 is 46.5. The highest BCUT2D eigenvalue weighted by Gasteiger charge is 2.21. The van der Waals surface area contributed by atoms with Crippen molar-refractivity contribution >= 4 is 5.91 Å². The van der Waals surface area contributed by atoms with Gasteiger partial charge in [-0.15, -0.1) is 0 Å². The van der Waals surface area contributed by atoms with E-state index in [0.717, 1.165) is 23.8 Å². The van der Waals surface area contributed by atoms with Gasteiger partial charge in [0.1, 0.15) is 23.2 Å². The largest absolute Gasteiger partial charge is 0.467 e. The van der Waals surface area contributed by atoms with Crippen LogP contribution in [0, 0.1) is 23.4 Å². The van der Waals surface area contributed by atoms with Crippen molar-refractivity contribution in [3.63, 3.8) is 0 Å². The maximum atomic E-state index is 14.2. The highest BCUT2D eigenvalue weighted by Crippen LogP contribution is 2.16. The molecule has 0 atom stereocenters. The van der Waals surface area contributed by atoms with E-state index in [1.165, 1.54) is 18.4 Å². The molecule has 3 rings (SSSR count). The number of amides is 1. The first-order valence-corrected chi connectivity index (χ1v) is 10.5. The van der Waals surface area contributed by atoms with E-state index in [0.29, 0.717) is 12.3 Å². The summed E-state index contributed by atoms with van der Waals surface area (Å²) in [6, 6.07) is 12.8. The molecule has 3 aromatic rings. The number of hydrogen-bond donors (Lipinski definition) is 0. The molecule has 0 saturated carbocycles. The van der Waals surface area contributed by atoms with Crippen molar-refractivity contribution in [1.82, 2.24) is 9.80 Å². The third kappa shape index (κ3) is 6.99. The van der Waals surface area contributed by atoms with Crippen LogP contribution in [0.25, 0.3) is 0 Å². The lowest BCUT2D eigenvalue weighted by atomic mass is 10.1. The minimum absolute atomic E-state index is 0.0238. The molecule has 32 heavy (non-hydrogen) atoms. The summed E-state index contributed by atoms with van der Waals surface area (Å²) in [4.78, 5) is 16.7. The highest BCUT2D eigenvalue weighted by atomic mass is 19.1. The second-order valence-corrected chi connectivity index (χ2v) is 8.25. The summed E-state index contributed by atoms with van der Waals surface area (Å²) in [5.41, 5.74) is 0.979. The number of carbonyl (C=O) groups is 1. The number of benzene rings is 2. The van der Waals surface area contributed by atoms with Crippen molar-refractivity contribution in [3.05, 3.63) is 95.2 Å². The van der Waals surface area contributed by atoms with Crippen molar-refractivity contribution in [1.29, 1.82) is 0 Å². The first-order valence-electron chi connectivity index (χ1n) is 10.5. The maximum Gasteiger partial charge on any atom is 0.237 e. The zero-order valence-electron chi connectivity index (χ0n) is 18.2.